The van der Waals surface area contributed by atoms with Gasteiger partial charge >= 0.3 is 0 Å². The molecule has 0 N–H and O–H groups in total. The van der Waals surface area contributed by atoms with Gasteiger partial charge < -0.3 is 0 Å². The van der Waals surface area contributed by atoms with E-state index >= 15 is 0 Å². The first-order valence-electron chi connectivity index (χ1n) is 6.31. The number of aromatic nitrogens is 2. The minimum Gasteiger partial charge on any atom is -0.264 e. The van der Waals surface area contributed by atoms with E-state index in [0.29, 0.717) is 12.1 Å². The topological polar surface area (TPSA) is 75.8 Å². The lowest BCUT2D eigenvalue weighted by Crippen LogP contribution is -2.22. The summed E-state index contributed by atoms with van der Waals surface area (Å²) in [4.78, 5) is 0. The molecule has 18 heavy (non-hydrogen) atoms. The van der Waals surface area contributed by atoms with E-state index in [2.05, 4.69) is 11.2 Å². The Morgan fingerprint density at radius 2 is 2.06 bits per heavy atom. The fourth-order valence-electron chi connectivity index (χ4n) is 3.00. The highest BCUT2D eigenvalue weighted by atomic mass is 32.2. The Bertz CT molecular complexity index is 618. The molecule has 1 aromatic rings. The molecule has 1 aliphatic carbocycles. The molecule has 0 radical (unpaired) electrons. The van der Waals surface area contributed by atoms with E-state index in [9.17, 15) is 8.42 Å². The molecule has 2 heterocycles. The van der Waals surface area contributed by atoms with Crippen LogP contribution < -0.4 is 0 Å². The maximum atomic E-state index is 11.8. The van der Waals surface area contributed by atoms with Crippen LogP contribution in [0.2, 0.25) is 0 Å². The van der Waals surface area contributed by atoms with Gasteiger partial charge in [-0.2, -0.15) is 10.4 Å². The molecule has 0 atom stereocenters. The highest BCUT2D eigenvalue weighted by molar-refractivity contribution is 7.90. The first-order chi connectivity index (χ1) is 8.61. The van der Waals surface area contributed by atoms with Gasteiger partial charge in [0.1, 0.15) is 6.07 Å². The number of nitrogens with zero attached hydrogens (tertiary/aromatic N) is 3. The molecular formula is C12H15N3O2S. The summed E-state index contributed by atoms with van der Waals surface area (Å²) in [5.41, 5.74) is 2.05. The molecule has 0 spiro atoms. The van der Waals surface area contributed by atoms with Crippen LogP contribution in [0.15, 0.2) is 0 Å². The number of nitriles is 1. The quantitative estimate of drug-likeness (QED) is 0.768. The molecule has 5 nitrogen and oxygen atoms in total. The molecule has 0 amide bonds. The second kappa shape index (κ2) is 4.09. The van der Waals surface area contributed by atoms with Gasteiger partial charge in [-0.15, -0.1) is 0 Å². The maximum absolute atomic E-state index is 11.8. The van der Waals surface area contributed by atoms with Crippen molar-refractivity contribution in [1.29, 1.82) is 5.26 Å². The number of sulfone groups is 1. The standard InChI is InChI=1S/C12H15N3O2S/c13-7-11-10-5-6-18(16,17)8-12(10)15(14-11)9-3-1-2-4-9/h9H,1-6,8H2. The van der Waals surface area contributed by atoms with Crippen LogP contribution in [0.4, 0.5) is 0 Å². The average molecular weight is 265 g/mol. The van der Waals surface area contributed by atoms with Crippen molar-refractivity contribution in [1.82, 2.24) is 9.78 Å². The molecule has 0 bridgehead atoms. The van der Waals surface area contributed by atoms with Gasteiger partial charge in [0.15, 0.2) is 15.5 Å². The van der Waals surface area contributed by atoms with Gasteiger partial charge in [0, 0.05) is 5.56 Å². The smallest absolute Gasteiger partial charge is 0.166 e. The highest BCUT2D eigenvalue weighted by Crippen LogP contribution is 2.33. The van der Waals surface area contributed by atoms with Crippen LogP contribution in [0, 0.1) is 11.3 Å². The lowest BCUT2D eigenvalue weighted by atomic mass is 10.1. The number of hydrogen-bond acceptors (Lipinski definition) is 4. The minimum atomic E-state index is -3.01. The molecule has 2 aliphatic rings. The molecule has 0 unspecified atom stereocenters. The number of hydrogen-bond donors (Lipinski definition) is 0. The van der Waals surface area contributed by atoms with Crippen LogP contribution in [-0.4, -0.2) is 24.0 Å². The third kappa shape index (κ3) is 1.83. The monoisotopic (exact) mass is 265 g/mol. The number of rotatable bonds is 1. The highest BCUT2D eigenvalue weighted by Gasteiger charge is 2.31. The first-order valence-corrected chi connectivity index (χ1v) is 8.13. The second-order valence-electron chi connectivity index (χ2n) is 5.11. The summed E-state index contributed by atoms with van der Waals surface area (Å²) in [6.07, 6.45) is 4.84. The van der Waals surface area contributed by atoms with Crippen LogP contribution in [0.1, 0.15) is 48.7 Å². The van der Waals surface area contributed by atoms with Gasteiger partial charge in [-0.25, -0.2) is 8.42 Å². The lowest BCUT2D eigenvalue weighted by Gasteiger charge is -2.18. The summed E-state index contributed by atoms with van der Waals surface area (Å²) in [5.74, 6) is 0.193. The van der Waals surface area contributed by atoms with E-state index in [1.807, 2.05) is 4.68 Å². The zero-order chi connectivity index (χ0) is 12.8. The number of fused-ring (bicyclic) bond motifs is 1. The van der Waals surface area contributed by atoms with Gasteiger partial charge in [0.05, 0.1) is 23.2 Å². The van der Waals surface area contributed by atoms with Crippen molar-refractivity contribution in [3.8, 4) is 6.07 Å². The molecule has 1 aliphatic heterocycles. The third-order valence-electron chi connectivity index (χ3n) is 3.91. The van der Waals surface area contributed by atoms with Gasteiger partial charge in [0.2, 0.25) is 0 Å². The van der Waals surface area contributed by atoms with Crippen LogP contribution >= 0.6 is 0 Å². The van der Waals surface area contributed by atoms with Crippen molar-refractivity contribution in [2.45, 2.75) is 43.9 Å². The molecule has 3 rings (SSSR count). The first kappa shape index (κ1) is 11.7. The summed E-state index contributed by atoms with van der Waals surface area (Å²) in [6, 6.07) is 2.39. The fourth-order valence-corrected chi connectivity index (χ4v) is 4.38. The SMILES string of the molecule is N#Cc1nn(C2CCCC2)c2c1CCS(=O)(=O)C2. The summed E-state index contributed by atoms with van der Waals surface area (Å²) in [7, 11) is -3.01. The van der Waals surface area contributed by atoms with Crippen molar-refractivity contribution in [3.63, 3.8) is 0 Å². The van der Waals surface area contributed by atoms with E-state index < -0.39 is 9.84 Å². The molecule has 0 aromatic carbocycles. The van der Waals surface area contributed by atoms with E-state index in [4.69, 9.17) is 5.26 Å². The van der Waals surface area contributed by atoms with Crippen LogP contribution in [-0.2, 0) is 22.0 Å². The van der Waals surface area contributed by atoms with E-state index in [1.165, 1.54) is 0 Å². The summed E-state index contributed by atoms with van der Waals surface area (Å²) in [5, 5.41) is 13.5. The van der Waals surface area contributed by atoms with E-state index in [-0.39, 0.29) is 17.5 Å². The Balaban J connectivity index is 2.10. The second-order valence-corrected chi connectivity index (χ2v) is 7.29. The molecule has 1 fully saturated rings. The molecule has 96 valence electrons. The largest absolute Gasteiger partial charge is 0.264 e. The van der Waals surface area contributed by atoms with Crippen molar-refractivity contribution in [3.05, 3.63) is 17.0 Å². The Kier molecular flexibility index (Phi) is 2.67. The molecular weight excluding hydrogens is 250 g/mol. The Morgan fingerprint density at radius 1 is 1.33 bits per heavy atom. The molecule has 1 saturated carbocycles. The van der Waals surface area contributed by atoms with Crippen LogP contribution in [0.5, 0.6) is 0 Å². The Labute approximate surface area is 106 Å². The van der Waals surface area contributed by atoms with Crippen LogP contribution in [0.25, 0.3) is 0 Å². The fraction of sp³-hybridized carbons (Fsp3) is 0.667. The average Bonchev–Trinajstić information content (AvgIpc) is 2.93. The van der Waals surface area contributed by atoms with E-state index in [1.54, 1.807) is 0 Å². The van der Waals surface area contributed by atoms with Crippen molar-refractivity contribution < 1.29 is 8.42 Å². The predicted octanol–water partition coefficient (Wildman–Crippen LogP) is 1.34. The zero-order valence-corrected chi connectivity index (χ0v) is 10.9. The molecule has 0 saturated heterocycles. The normalized spacial score (nSPS) is 22.6. The van der Waals surface area contributed by atoms with Crippen LogP contribution in [0.3, 0.4) is 0 Å². The summed E-state index contributed by atoms with van der Waals surface area (Å²) in [6.45, 7) is 0. The Hall–Kier alpha value is -1.35. The summed E-state index contributed by atoms with van der Waals surface area (Å²) >= 11 is 0. The maximum Gasteiger partial charge on any atom is 0.166 e. The van der Waals surface area contributed by atoms with E-state index in [0.717, 1.165) is 36.9 Å². The van der Waals surface area contributed by atoms with Gasteiger partial charge in [-0.1, -0.05) is 12.8 Å². The third-order valence-corrected chi connectivity index (χ3v) is 5.45. The van der Waals surface area contributed by atoms with Gasteiger partial charge in [-0.05, 0) is 19.3 Å². The lowest BCUT2D eigenvalue weighted by molar-refractivity contribution is 0.452. The summed E-state index contributed by atoms with van der Waals surface area (Å²) < 4.78 is 25.3. The van der Waals surface area contributed by atoms with Gasteiger partial charge in [0.25, 0.3) is 0 Å². The van der Waals surface area contributed by atoms with Crippen molar-refractivity contribution >= 4 is 9.84 Å². The predicted molar refractivity (Wildman–Crippen MR) is 65.6 cm³/mol. The minimum absolute atomic E-state index is 0.0491. The molecule has 6 heteroatoms. The molecule has 1 aromatic heterocycles. The van der Waals surface area contributed by atoms with Crippen molar-refractivity contribution in [2.24, 2.45) is 0 Å². The zero-order valence-electron chi connectivity index (χ0n) is 10.1. The Morgan fingerprint density at radius 3 is 2.72 bits per heavy atom. The van der Waals surface area contributed by atoms with Gasteiger partial charge in [-0.3, -0.25) is 4.68 Å². The van der Waals surface area contributed by atoms with Crippen molar-refractivity contribution in [2.75, 3.05) is 5.75 Å².